The third-order valence-corrected chi connectivity index (χ3v) is 7.18. The number of carbonyl (C=O) groups excluding carboxylic acids is 1. The Morgan fingerprint density at radius 3 is 2.24 bits per heavy atom. The van der Waals surface area contributed by atoms with Crippen molar-refractivity contribution in [3.05, 3.63) is 53.3 Å². The lowest BCUT2D eigenvalue weighted by Crippen LogP contribution is -2.22. The van der Waals surface area contributed by atoms with E-state index in [9.17, 15) is 13.2 Å². The molecule has 1 heterocycles. The van der Waals surface area contributed by atoms with Crippen LogP contribution in [0.1, 0.15) is 80.5 Å². The number of carbonyl (C=O) groups is 1. The van der Waals surface area contributed by atoms with E-state index in [0.717, 1.165) is 37.1 Å². The number of nitrogen functional groups attached to an aromatic ring is 1. The van der Waals surface area contributed by atoms with E-state index in [1.165, 1.54) is 30.7 Å². The fourth-order valence-corrected chi connectivity index (χ4v) is 5.04. The van der Waals surface area contributed by atoms with Gasteiger partial charge in [0.25, 0.3) is 0 Å². The molecule has 0 unspecified atom stereocenters. The van der Waals surface area contributed by atoms with E-state index in [-0.39, 0.29) is 16.2 Å². The lowest BCUT2D eigenvalue weighted by atomic mass is 9.83. The molecule has 1 fully saturated rings. The Bertz CT molecular complexity index is 984. The van der Waals surface area contributed by atoms with E-state index in [4.69, 9.17) is 10.7 Å². The van der Waals surface area contributed by atoms with Crippen molar-refractivity contribution in [1.82, 2.24) is 4.98 Å². The molecule has 0 amide bonds. The van der Waals surface area contributed by atoms with Crippen molar-refractivity contribution in [2.24, 2.45) is 0 Å². The molecule has 3 rings (SSSR count). The van der Waals surface area contributed by atoms with Gasteiger partial charge in [0.2, 0.25) is 0 Å². The average Bonchev–Trinajstić information content (AvgIpc) is 2.67. The maximum atomic E-state index is 13.1. The van der Waals surface area contributed by atoms with Crippen LogP contribution in [0.15, 0.2) is 41.3 Å². The molecule has 1 aliphatic rings. The Balaban J connectivity index is 1.95. The number of ketones is 1. The normalized spacial score (nSPS) is 16.0. The lowest BCUT2D eigenvalue weighted by Gasteiger charge is -2.26. The van der Waals surface area contributed by atoms with Crippen LogP contribution in [0, 0.1) is 0 Å². The summed E-state index contributed by atoms with van der Waals surface area (Å²) in [6.07, 6.45) is 5.41. The minimum absolute atomic E-state index is 0.110. The predicted molar refractivity (Wildman–Crippen MR) is 116 cm³/mol. The van der Waals surface area contributed by atoms with Crippen LogP contribution < -0.4 is 5.73 Å². The van der Waals surface area contributed by atoms with Crippen molar-refractivity contribution in [3.63, 3.8) is 0 Å². The van der Waals surface area contributed by atoms with Gasteiger partial charge in [-0.3, -0.25) is 9.78 Å². The molecule has 1 aliphatic carbocycles. The highest BCUT2D eigenvalue weighted by Gasteiger charge is 2.28. The van der Waals surface area contributed by atoms with E-state index in [0.29, 0.717) is 11.3 Å². The molecular weight excluding hydrogens is 384 g/mol. The van der Waals surface area contributed by atoms with Crippen molar-refractivity contribution in [2.45, 2.75) is 69.1 Å². The van der Waals surface area contributed by atoms with Gasteiger partial charge >= 0.3 is 0 Å². The number of Topliss-reactive ketones (excluding diaryl/α,β-unsaturated/α-hetero) is 1. The number of nitrogens with zero attached hydrogens (tertiary/aromatic N) is 1. The lowest BCUT2D eigenvalue weighted by molar-refractivity contribution is 0.101. The molecule has 6 heteroatoms. The fourth-order valence-electron chi connectivity index (χ4n) is 3.82. The van der Waals surface area contributed by atoms with E-state index in [2.05, 4.69) is 20.8 Å². The molecule has 156 valence electrons. The average molecular weight is 415 g/mol. The molecule has 1 aromatic heterocycles. The zero-order valence-electron chi connectivity index (χ0n) is 17.4. The predicted octanol–water partition coefficient (Wildman–Crippen LogP) is 4.67. The van der Waals surface area contributed by atoms with Gasteiger partial charge in [-0.05, 0) is 49.2 Å². The van der Waals surface area contributed by atoms with E-state index in [1.54, 1.807) is 6.07 Å². The highest BCUT2D eigenvalue weighted by molar-refractivity contribution is 7.92. The summed E-state index contributed by atoms with van der Waals surface area (Å²) in [7, 11) is -3.74. The van der Waals surface area contributed by atoms with Gasteiger partial charge in [-0.2, -0.15) is 0 Å². The van der Waals surface area contributed by atoms with Gasteiger partial charge in [-0.1, -0.05) is 40.0 Å². The van der Waals surface area contributed by atoms with Crippen molar-refractivity contribution in [2.75, 3.05) is 11.5 Å². The molecule has 2 aromatic rings. The standard InChI is InChI=1S/C23H30N2O3S/c1-23(2,3)21-14-13-19(22(25-21)16-7-5-4-6-8-16)20(26)15-29(27,28)18-11-9-17(24)10-12-18/h9-14,16H,4-8,15,24H2,1-3H3. The number of sulfone groups is 1. The number of pyridine rings is 1. The molecule has 0 spiro atoms. The maximum Gasteiger partial charge on any atom is 0.185 e. The summed E-state index contributed by atoms with van der Waals surface area (Å²) in [5, 5.41) is 0. The van der Waals surface area contributed by atoms with Gasteiger partial charge in [0.05, 0.1) is 10.6 Å². The van der Waals surface area contributed by atoms with Crippen LogP contribution >= 0.6 is 0 Å². The number of rotatable bonds is 5. The summed E-state index contributed by atoms with van der Waals surface area (Å²) >= 11 is 0. The highest BCUT2D eigenvalue weighted by atomic mass is 32.2. The van der Waals surface area contributed by atoms with Crippen LogP contribution in [0.5, 0.6) is 0 Å². The summed E-state index contributed by atoms with van der Waals surface area (Å²) in [6.45, 7) is 6.27. The monoisotopic (exact) mass is 414 g/mol. The molecule has 0 bridgehead atoms. The van der Waals surface area contributed by atoms with Crippen LogP contribution in [0.2, 0.25) is 0 Å². The summed E-state index contributed by atoms with van der Waals surface area (Å²) < 4.78 is 25.5. The Morgan fingerprint density at radius 2 is 1.66 bits per heavy atom. The second-order valence-corrected chi connectivity index (χ2v) is 11.0. The molecule has 5 nitrogen and oxygen atoms in total. The summed E-state index contributed by atoms with van der Waals surface area (Å²) in [5.74, 6) is -0.743. The molecule has 1 aromatic carbocycles. The quantitative estimate of drug-likeness (QED) is 0.567. The third-order valence-electron chi connectivity index (χ3n) is 5.55. The van der Waals surface area contributed by atoms with Crippen LogP contribution in [-0.2, 0) is 15.3 Å². The number of aromatic nitrogens is 1. The van der Waals surface area contributed by atoms with Gasteiger partial charge in [-0.15, -0.1) is 0 Å². The second kappa shape index (κ2) is 8.27. The van der Waals surface area contributed by atoms with Gasteiger partial charge < -0.3 is 5.73 Å². The molecule has 29 heavy (non-hydrogen) atoms. The van der Waals surface area contributed by atoms with Crippen LogP contribution in [0.3, 0.4) is 0 Å². The SMILES string of the molecule is CC(C)(C)c1ccc(C(=O)CS(=O)(=O)c2ccc(N)cc2)c(C2CCCCC2)n1. The Morgan fingerprint density at radius 1 is 1.03 bits per heavy atom. The first kappa shape index (κ1) is 21.5. The van der Waals surface area contributed by atoms with Crippen LogP contribution in [-0.4, -0.2) is 24.9 Å². The first-order valence-corrected chi connectivity index (χ1v) is 11.9. The molecule has 0 radical (unpaired) electrons. The van der Waals surface area contributed by atoms with Crippen LogP contribution in [0.25, 0.3) is 0 Å². The smallest absolute Gasteiger partial charge is 0.185 e. The number of hydrogen-bond donors (Lipinski definition) is 1. The molecule has 1 saturated carbocycles. The first-order chi connectivity index (χ1) is 13.6. The summed E-state index contributed by atoms with van der Waals surface area (Å²) in [5.41, 5.74) is 8.14. The Hall–Kier alpha value is -2.21. The highest BCUT2D eigenvalue weighted by Crippen LogP contribution is 2.35. The van der Waals surface area contributed by atoms with Crippen molar-refractivity contribution in [1.29, 1.82) is 0 Å². The topological polar surface area (TPSA) is 90.1 Å². The second-order valence-electron chi connectivity index (χ2n) is 8.97. The first-order valence-electron chi connectivity index (χ1n) is 10.2. The molecule has 0 aliphatic heterocycles. The van der Waals surface area contributed by atoms with Gasteiger partial charge in [0, 0.05) is 28.3 Å². The largest absolute Gasteiger partial charge is 0.399 e. The van der Waals surface area contributed by atoms with Gasteiger partial charge in [0.1, 0.15) is 5.75 Å². The van der Waals surface area contributed by atoms with Gasteiger partial charge in [-0.25, -0.2) is 8.42 Å². The Kier molecular flexibility index (Phi) is 6.13. The van der Waals surface area contributed by atoms with E-state index < -0.39 is 21.4 Å². The zero-order chi connectivity index (χ0) is 21.2. The molecule has 0 saturated heterocycles. The molecular formula is C23H30N2O3S. The number of hydrogen-bond acceptors (Lipinski definition) is 5. The fraction of sp³-hybridized carbons (Fsp3) is 0.478. The van der Waals surface area contributed by atoms with Crippen molar-refractivity contribution < 1.29 is 13.2 Å². The van der Waals surface area contributed by atoms with E-state index >= 15 is 0 Å². The van der Waals surface area contributed by atoms with Gasteiger partial charge in [0.15, 0.2) is 15.6 Å². The third kappa shape index (κ3) is 5.04. The Labute approximate surface area is 173 Å². The van der Waals surface area contributed by atoms with Crippen molar-refractivity contribution >= 4 is 21.3 Å². The molecule has 2 N–H and O–H groups in total. The summed E-state index contributed by atoms with van der Waals surface area (Å²) in [4.78, 5) is 18.1. The zero-order valence-corrected chi connectivity index (χ0v) is 18.3. The number of anilines is 1. The summed E-state index contributed by atoms with van der Waals surface area (Å²) in [6, 6.07) is 9.59. The minimum atomic E-state index is -3.74. The maximum absolute atomic E-state index is 13.1. The minimum Gasteiger partial charge on any atom is -0.399 e. The molecule has 0 atom stereocenters. The van der Waals surface area contributed by atoms with E-state index in [1.807, 2.05) is 6.07 Å². The number of benzene rings is 1. The van der Waals surface area contributed by atoms with Crippen molar-refractivity contribution in [3.8, 4) is 0 Å². The van der Waals surface area contributed by atoms with Crippen LogP contribution in [0.4, 0.5) is 5.69 Å². The number of nitrogens with two attached hydrogens (primary N) is 1.